The molecule has 0 amide bonds. The second-order valence-corrected chi connectivity index (χ2v) is 6.23. The van der Waals surface area contributed by atoms with Gasteiger partial charge in [-0.1, -0.05) is 47.6 Å². The van der Waals surface area contributed by atoms with Crippen molar-refractivity contribution in [2.24, 2.45) is 0 Å². The Kier molecular flexibility index (Phi) is 4.09. The van der Waals surface area contributed by atoms with E-state index in [0.29, 0.717) is 12.3 Å². The topological polar surface area (TPSA) is 42.2 Å². The number of rotatable bonds is 5. The lowest BCUT2D eigenvalue weighted by Gasteiger charge is -2.37. The molecule has 2 heterocycles. The van der Waals surface area contributed by atoms with Crippen molar-refractivity contribution < 1.29 is 8.91 Å². The third kappa shape index (κ3) is 3.36. The second kappa shape index (κ2) is 6.53. The first-order valence-corrected chi connectivity index (χ1v) is 8.09. The second-order valence-electron chi connectivity index (χ2n) is 6.23. The van der Waals surface area contributed by atoms with Crippen LogP contribution in [0.15, 0.2) is 59.1 Å². The van der Waals surface area contributed by atoms with Crippen molar-refractivity contribution in [3.63, 3.8) is 0 Å². The monoisotopic (exact) mass is 323 g/mol. The van der Waals surface area contributed by atoms with E-state index >= 15 is 0 Å². The molecule has 3 aromatic rings. The Morgan fingerprint density at radius 3 is 2.50 bits per heavy atom. The predicted octanol–water partition coefficient (Wildman–Crippen LogP) is 3.40. The summed E-state index contributed by atoms with van der Waals surface area (Å²) in [5.41, 5.74) is 2.29. The molecule has 0 bridgehead atoms. The highest BCUT2D eigenvalue weighted by atomic mass is 19.1. The van der Waals surface area contributed by atoms with E-state index in [4.69, 9.17) is 4.52 Å². The molecule has 1 saturated heterocycles. The number of halogens is 1. The lowest BCUT2D eigenvalue weighted by Crippen LogP contribution is -2.44. The molecule has 2 aromatic carbocycles. The van der Waals surface area contributed by atoms with E-state index < -0.39 is 0 Å². The van der Waals surface area contributed by atoms with Gasteiger partial charge >= 0.3 is 0 Å². The summed E-state index contributed by atoms with van der Waals surface area (Å²) in [4.78, 5) is 6.82. The van der Waals surface area contributed by atoms with Crippen molar-refractivity contribution in [3.05, 3.63) is 83.3 Å². The van der Waals surface area contributed by atoms with Crippen molar-refractivity contribution in [3.8, 4) is 0 Å². The van der Waals surface area contributed by atoms with E-state index in [1.165, 1.54) is 17.7 Å². The smallest absolute Gasteiger partial charge is 0.232 e. The maximum Gasteiger partial charge on any atom is 0.232 e. The summed E-state index contributed by atoms with van der Waals surface area (Å²) in [7, 11) is 0. The standard InChI is InChI=1S/C19H18FN3O/c20-17-8-6-15(7-9-17)11-23-12-16(13-23)19-21-18(22-24-19)10-14-4-2-1-3-5-14/h1-9,16H,10-13H2. The Morgan fingerprint density at radius 1 is 1.00 bits per heavy atom. The number of hydrogen-bond donors (Lipinski definition) is 0. The summed E-state index contributed by atoms with van der Waals surface area (Å²) in [5.74, 6) is 1.55. The lowest BCUT2D eigenvalue weighted by molar-refractivity contribution is 0.117. The first kappa shape index (κ1) is 15.0. The number of aromatic nitrogens is 2. The Bertz CT molecular complexity index is 795. The SMILES string of the molecule is Fc1ccc(CN2CC(c3nc(Cc4ccccc4)no3)C2)cc1. The van der Waals surface area contributed by atoms with Gasteiger partial charge < -0.3 is 4.52 Å². The highest BCUT2D eigenvalue weighted by Gasteiger charge is 2.32. The third-order valence-electron chi connectivity index (χ3n) is 4.31. The molecule has 1 fully saturated rings. The minimum atomic E-state index is -0.197. The zero-order chi connectivity index (χ0) is 16.4. The van der Waals surface area contributed by atoms with Crippen molar-refractivity contribution in [1.82, 2.24) is 15.0 Å². The largest absolute Gasteiger partial charge is 0.339 e. The van der Waals surface area contributed by atoms with Crippen molar-refractivity contribution in [1.29, 1.82) is 0 Å². The summed E-state index contributed by atoms with van der Waals surface area (Å²) >= 11 is 0. The van der Waals surface area contributed by atoms with Crippen LogP contribution >= 0.6 is 0 Å². The van der Waals surface area contributed by atoms with E-state index in [9.17, 15) is 4.39 Å². The quantitative estimate of drug-likeness (QED) is 0.722. The van der Waals surface area contributed by atoms with Crippen LogP contribution in [0.5, 0.6) is 0 Å². The molecule has 4 rings (SSSR count). The molecule has 4 nitrogen and oxygen atoms in total. The van der Waals surface area contributed by atoms with Crippen molar-refractivity contribution in [2.75, 3.05) is 13.1 Å². The average molecular weight is 323 g/mol. The fraction of sp³-hybridized carbons (Fsp3) is 0.263. The maximum absolute atomic E-state index is 12.9. The molecular formula is C19H18FN3O. The number of benzene rings is 2. The Balaban J connectivity index is 1.31. The van der Waals surface area contributed by atoms with Crippen LogP contribution in [0.2, 0.25) is 0 Å². The van der Waals surface area contributed by atoms with Crippen LogP contribution in [0.1, 0.15) is 28.8 Å². The van der Waals surface area contributed by atoms with Crippen LogP contribution in [0, 0.1) is 5.82 Å². The normalized spacial score (nSPS) is 15.4. The van der Waals surface area contributed by atoms with E-state index in [2.05, 4.69) is 27.2 Å². The van der Waals surface area contributed by atoms with Gasteiger partial charge in [-0.2, -0.15) is 4.98 Å². The van der Waals surface area contributed by atoms with Gasteiger partial charge in [0, 0.05) is 26.1 Å². The van der Waals surface area contributed by atoms with Gasteiger partial charge in [-0.25, -0.2) is 4.39 Å². The van der Waals surface area contributed by atoms with Gasteiger partial charge in [0.1, 0.15) is 5.82 Å². The zero-order valence-corrected chi connectivity index (χ0v) is 13.2. The lowest BCUT2D eigenvalue weighted by atomic mass is 9.99. The number of likely N-dealkylation sites (tertiary alicyclic amines) is 1. The Hall–Kier alpha value is -2.53. The van der Waals surface area contributed by atoms with Gasteiger partial charge in [-0.3, -0.25) is 4.90 Å². The first-order valence-electron chi connectivity index (χ1n) is 8.09. The highest BCUT2D eigenvalue weighted by Crippen LogP contribution is 2.27. The minimum Gasteiger partial charge on any atom is -0.339 e. The molecule has 0 atom stereocenters. The van der Waals surface area contributed by atoms with Crippen LogP contribution < -0.4 is 0 Å². The average Bonchev–Trinajstić information content (AvgIpc) is 3.01. The minimum absolute atomic E-state index is 0.197. The van der Waals surface area contributed by atoms with Gasteiger partial charge in [0.05, 0.1) is 5.92 Å². The Labute approximate surface area is 139 Å². The van der Waals surface area contributed by atoms with E-state index in [-0.39, 0.29) is 5.82 Å². The van der Waals surface area contributed by atoms with Gasteiger partial charge in [0.25, 0.3) is 0 Å². The molecule has 0 unspecified atom stereocenters. The predicted molar refractivity (Wildman–Crippen MR) is 88.0 cm³/mol. The summed E-state index contributed by atoms with van der Waals surface area (Å²) in [6.45, 7) is 2.61. The van der Waals surface area contributed by atoms with Gasteiger partial charge in [-0.15, -0.1) is 0 Å². The first-order chi connectivity index (χ1) is 11.8. The van der Waals surface area contributed by atoms with Gasteiger partial charge in [0.2, 0.25) is 5.89 Å². The molecule has 1 aromatic heterocycles. The summed E-state index contributed by atoms with van der Waals surface area (Å²) in [6, 6.07) is 16.8. The molecule has 0 N–H and O–H groups in total. The molecule has 5 heteroatoms. The van der Waals surface area contributed by atoms with E-state index in [0.717, 1.165) is 36.9 Å². The van der Waals surface area contributed by atoms with Crippen molar-refractivity contribution in [2.45, 2.75) is 18.9 Å². The van der Waals surface area contributed by atoms with Crippen molar-refractivity contribution >= 4 is 0 Å². The van der Waals surface area contributed by atoms with Gasteiger partial charge in [0.15, 0.2) is 5.82 Å². The van der Waals surface area contributed by atoms with Crippen LogP contribution in [-0.2, 0) is 13.0 Å². The van der Waals surface area contributed by atoms with Gasteiger partial charge in [-0.05, 0) is 23.3 Å². The molecular weight excluding hydrogens is 305 g/mol. The third-order valence-corrected chi connectivity index (χ3v) is 4.31. The molecule has 0 saturated carbocycles. The summed E-state index contributed by atoms with van der Waals surface area (Å²) in [6.07, 6.45) is 0.691. The van der Waals surface area contributed by atoms with Crippen LogP contribution in [-0.4, -0.2) is 28.1 Å². The van der Waals surface area contributed by atoms with Crippen LogP contribution in [0.4, 0.5) is 4.39 Å². The Morgan fingerprint density at radius 2 is 1.75 bits per heavy atom. The molecule has 0 aliphatic carbocycles. The van der Waals surface area contributed by atoms with E-state index in [1.807, 2.05) is 30.3 Å². The summed E-state index contributed by atoms with van der Waals surface area (Å²) < 4.78 is 18.3. The molecule has 0 spiro atoms. The summed E-state index contributed by atoms with van der Waals surface area (Å²) in [5, 5.41) is 4.09. The highest BCUT2D eigenvalue weighted by molar-refractivity contribution is 5.19. The van der Waals surface area contributed by atoms with Crippen LogP contribution in [0.25, 0.3) is 0 Å². The van der Waals surface area contributed by atoms with Crippen LogP contribution in [0.3, 0.4) is 0 Å². The molecule has 122 valence electrons. The molecule has 24 heavy (non-hydrogen) atoms. The zero-order valence-electron chi connectivity index (χ0n) is 13.2. The number of nitrogens with zero attached hydrogens (tertiary/aromatic N) is 3. The maximum atomic E-state index is 12.9. The molecule has 1 aliphatic rings. The fourth-order valence-electron chi connectivity index (χ4n) is 2.99. The fourth-order valence-corrected chi connectivity index (χ4v) is 2.99. The van der Waals surface area contributed by atoms with E-state index in [1.54, 1.807) is 0 Å². The molecule has 1 aliphatic heterocycles. The number of hydrogen-bond acceptors (Lipinski definition) is 4. The molecule has 0 radical (unpaired) electrons.